The van der Waals surface area contributed by atoms with Gasteiger partial charge in [0.15, 0.2) is 0 Å². The molecule has 2 saturated carbocycles. The van der Waals surface area contributed by atoms with Gasteiger partial charge in [0.05, 0.1) is 0 Å². The summed E-state index contributed by atoms with van der Waals surface area (Å²) in [5.41, 5.74) is 0.604. The molecular formula is C19H37N. The molecule has 0 bridgehead atoms. The predicted molar refractivity (Wildman–Crippen MR) is 88.9 cm³/mol. The van der Waals surface area contributed by atoms with Crippen molar-refractivity contribution in [3.8, 4) is 0 Å². The van der Waals surface area contributed by atoms with E-state index in [0.29, 0.717) is 5.41 Å². The van der Waals surface area contributed by atoms with Crippen LogP contribution >= 0.6 is 0 Å². The van der Waals surface area contributed by atoms with Gasteiger partial charge in [0.1, 0.15) is 0 Å². The van der Waals surface area contributed by atoms with Gasteiger partial charge in [-0.15, -0.1) is 0 Å². The largest absolute Gasteiger partial charge is 0.313 e. The molecule has 2 rings (SSSR count). The van der Waals surface area contributed by atoms with Crippen LogP contribution in [0.25, 0.3) is 0 Å². The zero-order chi connectivity index (χ0) is 14.6. The molecule has 1 atom stereocenters. The standard InChI is InChI=1S/C19H37N/c1-5-14-20-18(16-8-6-15(2)7-9-16)17-10-12-19(3,4)13-11-17/h15-18,20H,5-14H2,1-4H3. The van der Waals surface area contributed by atoms with Crippen LogP contribution in [0.2, 0.25) is 0 Å². The van der Waals surface area contributed by atoms with Gasteiger partial charge in [-0.25, -0.2) is 0 Å². The van der Waals surface area contributed by atoms with Crippen LogP contribution in [0.4, 0.5) is 0 Å². The summed E-state index contributed by atoms with van der Waals surface area (Å²) in [4.78, 5) is 0. The van der Waals surface area contributed by atoms with Gasteiger partial charge in [-0.2, -0.15) is 0 Å². The Hall–Kier alpha value is -0.0400. The number of rotatable bonds is 5. The number of hydrogen-bond acceptors (Lipinski definition) is 1. The van der Waals surface area contributed by atoms with Crippen molar-refractivity contribution in [2.45, 2.75) is 91.5 Å². The Labute approximate surface area is 127 Å². The number of hydrogen-bond donors (Lipinski definition) is 1. The minimum atomic E-state index is 0.604. The van der Waals surface area contributed by atoms with Crippen molar-refractivity contribution in [2.24, 2.45) is 23.2 Å². The van der Waals surface area contributed by atoms with Crippen LogP contribution in [0, 0.1) is 23.2 Å². The quantitative estimate of drug-likeness (QED) is 0.710. The van der Waals surface area contributed by atoms with Crippen LogP contribution < -0.4 is 5.32 Å². The van der Waals surface area contributed by atoms with Crippen molar-refractivity contribution in [2.75, 3.05) is 6.54 Å². The molecule has 0 aromatic rings. The van der Waals surface area contributed by atoms with E-state index >= 15 is 0 Å². The first-order valence-electron chi connectivity index (χ1n) is 9.25. The van der Waals surface area contributed by atoms with Crippen molar-refractivity contribution in [1.82, 2.24) is 5.32 Å². The van der Waals surface area contributed by atoms with Crippen LogP contribution in [0.1, 0.15) is 85.5 Å². The van der Waals surface area contributed by atoms with Crippen molar-refractivity contribution >= 4 is 0 Å². The van der Waals surface area contributed by atoms with Gasteiger partial charge in [-0.1, -0.05) is 40.5 Å². The normalized spacial score (nSPS) is 33.0. The van der Waals surface area contributed by atoms with E-state index in [9.17, 15) is 0 Å². The Morgan fingerprint density at radius 2 is 1.50 bits per heavy atom. The van der Waals surface area contributed by atoms with E-state index in [0.717, 1.165) is 23.8 Å². The Morgan fingerprint density at radius 3 is 2.05 bits per heavy atom. The molecule has 0 spiro atoms. The highest BCUT2D eigenvalue weighted by molar-refractivity contribution is 4.90. The van der Waals surface area contributed by atoms with Gasteiger partial charge in [0, 0.05) is 6.04 Å². The van der Waals surface area contributed by atoms with E-state index < -0.39 is 0 Å². The molecule has 2 aliphatic rings. The molecule has 0 aromatic carbocycles. The summed E-state index contributed by atoms with van der Waals surface area (Å²) in [5, 5.41) is 3.95. The Morgan fingerprint density at radius 1 is 0.950 bits per heavy atom. The van der Waals surface area contributed by atoms with Crippen molar-refractivity contribution in [1.29, 1.82) is 0 Å². The van der Waals surface area contributed by atoms with Crippen molar-refractivity contribution < 1.29 is 0 Å². The van der Waals surface area contributed by atoms with Crippen LogP contribution in [0.15, 0.2) is 0 Å². The summed E-state index contributed by atoms with van der Waals surface area (Å²) in [6.45, 7) is 10.9. The summed E-state index contributed by atoms with van der Waals surface area (Å²) in [6.07, 6.45) is 12.9. The molecule has 0 aromatic heterocycles. The van der Waals surface area contributed by atoms with E-state index in [1.807, 2.05) is 0 Å². The van der Waals surface area contributed by atoms with E-state index in [-0.39, 0.29) is 0 Å². The zero-order valence-corrected chi connectivity index (χ0v) is 14.4. The first-order chi connectivity index (χ1) is 9.52. The van der Waals surface area contributed by atoms with Gasteiger partial charge in [-0.3, -0.25) is 0 Å². The van der Waals surface area contributed by atoms with Crippen LogP contribution in [0.3, 0.4) is 0 Å². The lowest BCUT2D eigenvalue weighted by Crippen LogP contribution is -2.45. The minimum absolute atomic E-state index is 0.604. The minimum Gasteiger partial charge on any atom is -0.313 e. The highest BCUT2D eigenvalue weighted by Gasteiger charge is 2.35. The van der Waals surface area contributed by atoms with E-state index in [2.05, 4.69) is 33.0 Å². The average molecular weight is 280 g/mol. The Bertz CT molecular complexity index is 265. The molecule has 1 unspecified atom stereocenters. The Balaban J connectivity index is 1.93. The third kappa shape index (κ3) is 4.48. The summed E-state index contributed by atoms with van der Waals surface area (Å²) in [6, 6.07) is 0.818. The second kappa shape index (κ2) is 7.29. The van der Waals surface area contributed by atoms with Crippen LogP contribution in [-0.2, 0) is 0 Å². The third-order valence-corrected chi connectivity index (χ3v) is 6.09. The molecule has 0 radical (unpaired) electrons. The van der Waals surface area contributed by atoms with Gasteiger partial charge < -0.3 is 5.32 Å². The molecule has 0 saturated heterocycles. The molecular weight excluding hydrogens is 242 g/mol. The van der Waals surface area contributed by atoms with Crippen molar-refractivity contribution in [3.63, 3.8) is 0 Å². The molecule has 118 valence electrons. The maximum absolute atomic E-state index is 3.95. The predicted octanol–water partition coefficient (Wildman–Crippen LogP) is 5.40. The molecule has 1 heteroatoms. The highest BCUT2D eigenvalue weighted by Crippen LogP contribution is 2.42. The molecule has 0 amide bonds. The molecule has 0 aliphatic heterocycles. The topological polar surface area (TPSA) is 12.0 Å². The lowest BCUT2D eigenvalue weighted by Gasteiger charge is -2.43. The first-order valence-corrected chi connectivity index (χ1v) is 9.25. The smallest absolute Gasteiger partial charge is 0.0124 e. The van der Waals surface area contributed by atoms with Gasteiger partial charge in [0.2, 0.25) is 0 Å². The van der Waals surface area contributed by atoms with Crippen LogP contribution in [0.5, 0.6) is 0 Å². The van der Waals surface area contributed by atoms with Crippen molar-refractivity contribution in [3.05, 3.63) is 0 Å². The fourth-order valence-corrected chi connectivity index (χ4v) is 4.45. The van der Waals surface area contributed by atoms with E-state index in [1.165, 1.54) is 64.3 Å². The summed E-state index contributed by atoms with van der Waals surface area (Å²) in [7, 11) is 0. The maximum atomic E-state index is 3.95. The van der Waals surface area contributed by atoms with Gasteiger partial charge in [-0.05, 0) is 74.7 Å². The van der Waals surface area contributed by atoms with E-state index in [4.69, 9.17) is 0 Å². The molecule has 0 heterocycles. The number of nitrogens with one attached hydrogen (secondary N) is 1. The lowest BCUT2D eigenvalue weighted by atomic mass is 9.67. The van der Waals surface area contributed by atoms with Crippen LogP contribution in [-0.4, -0.2) is 12.6 Å². The second-order valence-corrected chi connectivity index (χ2v) is 8.50. The summed E-state index contributed by atoms with van der Waals surface area (Å²) < 4.78 is 0. The highest BCUT2D eigenvalue weighted by atomic mass is 14.9. The van der Waals surface area contributed by atoms with Gasteiger partial charge >= 0.3 is 0 Å². The summed E-state index contributed by atoms with van der Waals surface area (Å²) in [5.74, 6) is 2.89. The second-order valence-electron chi connectivity index (χ2n) is 8.50. The monoisotopic (exact) mass is 279 g/mol. The van der Waals surface area contributed by atoms with Gasteiger partial charge in [0.25, 0.3) is 0 Å². The fourth-order valence-electron chi connectivity index (χ4n) is 4.45. The SMILES string of the molecule is CCCNC(C1CCC(C)CC1)C1CCC(C)(C)CC1. The fraction of sp³-hybridized carbons (Fsp3) is 1.00. The molecule has 1 nitrogen and oxygen atoms in total. The van der Waals surface area contributed by atoms with E-state index in [1.54, 1.807) is 0 Å². The average Bonchev–Trinajstić information content (AvgIpc) is 2.42. The molecule has 20 heavy (non-hydrogen) atoms. The molecule has 2 fully saturated rings. The third-order valence-electron chi connectivity index (χ3n) is 6.09. The Kier molecular flexibility index (Phi) is 5.95. The lowest BCUT2D eigenvalue weighted by molar-refractivity contribution is 0.114. The molecule has 2 aliphatic carbocycles. The first kappa shape index (κ1) is 16.3. The maximum Gasteiger partial charge on any atom is 0.0124 e. The molecule has 1 N–H and O–H groups in total. The summed E-state index contributed by atoms with van der Waals surface area (Å²) >= 11 is 0. The zero-order valence-electron chi connectivity index (χ0n) is 14.4.